The van der Waals surface area contributed by atoms with Gasteiger partial charge in [-0.05, 0) is 23.8 Å². The Morgan fingerprint density at radius 3 is 3.00 bits per heavy atom. The van der Waals surface area contributed by atoms with Gasteiger partial charge >= 0.3 is 0 Å². The van der Waals surface area contributed by atoms with Gasteiger partial charge < -0.3 is 9.47 Å². The molecule has 0 saturated carbocycles. The number of hydrogen-bond acceptors (Lipinski definition) is 3. The lowest BCUT2D eigenvalue weighted by Crippen LogP contribution is -2.36. The lowest BCUT2D eigenvalue weighted by atomic mass is 10.1. The predicted octanol–water partition coefficient (Wildman–Crippen LogP) is 2.01. The molecule has 0 bridgehead atoms. The first-order chi connectivity index (χ1) is 8.16. The Morgan fingerprint density at radius 1 is 1.47 bits per heavy atom. The van der Waals surface area contributed by atoms with E-state index in [1.807, 2.05) is 0 Å². The molecule has 1 aromatic rings. The van der Waals surface area contributed by atoms with Crippen molar-refractivity contribution in [2.75, 3.05) is 19.8 Å². The van der Waals surface area contributed by atoms with E-state index in [2.05, 4.69) is 0 Å². The predicted molar refractivity (Wildman–Crippen MR) is 60.7 cm³/mol. The molecule has 1 atom stereocenters. The van der Waals surface area contributed by atoms with Crippen LogP contribution in [0.25, 0.3) is 0 Å². The summed E-state index contributed by atoms with van der Waals surface area (Å²) in [5.74, 6) is -0.546. The normalized spacial score (nSPS) is 20.2. The third kappa shape index (κ3) is 3.25. The summed E-state index contributed by atoms with van der Waals surface area (Å²) in [6, 6.07) is 3.97. The summed E-state index contributed by atoms with van der Waals surface area (Å²) in [5, 5.41) is 0.386. The number of halogens is 2. The first kappa shape index (κ1) is 12.5. The van der Waals surface area contributed by atoms with Crippen molar-refractivity contribution in [3.8, 4) is 0 Å². The van der Waals surface area contributed by atoms with Crippen LogP contribution in [0, 0.1) is 5.82 Å². The minimum Gasteiger partial charge on any atom is -0.376 e. The second-order valence-electron chi connectivity index (χ2n) is 3.81. The fraction of sp³-hybridized carbons (Fsp3) is 0.417. The summed E-state index contributed by atoms with van der Waals surface area (Å²) >= 11 is 5.89. The molecule has 92 valence electrons. The topological polar surface area (TPSA) is 35.5 Å². The van der Waals surface area contributed by atoms with E-state index in [4.69, 9.17) is 21.1 Å². The molecular formula is C12H12ClFO3. The zero-order valence-electron chi connectivity index (χ0n) is 9.12. The second-order valence-corrected chi connectivity index (χ2v) is 4.22. The molecule has 0 N–H and O–H groups in total. The van der Waals surface area contributed by atoms with Crippen LogP contribution in [0.15, 0.2) is 18.2 Å². The molecule has 1 aliphatic rings. The molecular weight excluding hydrogens is 247 g/mol. The van der Waals surface area contributed by atoms with Gasteiger partial charge in [-0.15, -0.1) is 0 Å². The lowest BCUT2D eigenvalue weighted by Gasteiger charge is -2.21. The monoisotopic (exact) mass is 258 g/mol. The largest absolute Gasteiger partial charge is 0.376 e. The van der Waals surface area contributed by atoms with Gasteiger partial charge in [-0.3, -0.25) is 4.79 Å². The number of ketones is 1. The molecule has 1 heterocycles. The van der Waals surface area contributed by atoms with Crippen LogP contribution in [0.4, 0.5) is 4.39 Å². The summed E-state index contributed by atoms with van der Waals surface area (Å²) in [4.78, 5) is 11.8. The summed E-state index contributed by atoms with van der Waals surface area (Å²) in [6.45, 7) is 1.17. The van der Waals surface area contributed by atoms with E-state index in [1.54, 1.807) is 0 Å². The molecule has 0 spiro atoms. The molecule has 1 unspecified atom stereocenters. The first-order valence-corrected chi connectivity index (χ1v) is 5.70. The van der Waals surface area contributed by atoms with Gasteiger partial charge in [0.2, 0.25) is 0 Å². The highest BCUT2D eigenvalue weighted by Crippen LogP contribution is 2.19. The van der Waals surface area contributed by atoms with Crippen molar-refractivity contribution in [2.45, 2.75) is 12.5 Å². The number of hydrogen-bond donors (Lipinski definition) is 0. The zero-order valence-corrected chi connectivity index (χ0v) is 9.87. The molecule has 1 aliphatic heterocycles. The Morgan fingerprint density at radius 2 is 2.29 bits per heavy atom. The van der Waals surface area contributed by atoms with Crippen LogP contribution in [0.5, 0.6) is 0 Å². The highest BCUT2D eigenvalue weighted by Gasteiger charge is 2.23. The van der Waals surface area contributed by atoms with Crippen LogP contribution in [-0.4, -0.2) is 31.7 Å². The van der Waals surface area contributed by atoms with Crippen molar-refractivity contribution in [2.24, 2.45) is 0 Å². The molecule has 0 radical (unpaired) electrons. The van der Waals surface area contributed by atoms with Gasteiger partial charge in [0.05, 0.1) is 19.8 Å². The van der Waals surface area contributed by atoms with Gasteiger partial charge in [0.1, 0.15) is 11.9 Å². The van der Waals surface area contributed by atoms with Crippen LogP contribution in [0.2, 0.25) is 5.02 Å². The van der Waals surface area contributed by atoms with E-state index in [-0.39, 0.29) is 18.8 Å². The van der Waals surface area contributed by atoms with E-state index in [1.165, 1.54) is 18.2 Å². The minimum absolute atomic E-state index is 0.0601. The summed E-state index contributed by atoms with van der Waals surface area (Å²) in [6.07, 6.45) is -0.506. The zero-order chi connectivity index (χ0) is 12.3. The lowest BCUT2D eigenvalue weighted by molar-refractivity contribution is -0.144. The molecule has 17 heavy (non-hydrogen) atoms. The molecule has 1 fully saturated rings. The maximum Gasteiger partial charge on any atom is 0.168 e. The van der Waals surface area contributed by atoms with Gasteiger partial charge in [-0.25, -0.2) is 4.39 Å². The molecule has 2 rings (SSSR count). The standard InChI is InChI=1S/C12H12ClFO3/c13-10-2-1-9(14)5-8(10)6-11(15)12-7-16-3-4-17-12/h1-2,5,12H,3-4,6-7H2. The summed E-state index contributed by atoms with van der Waals surface area (Å²) < 4.78 is 23.4. The fourth-order valence-electron chi connectivity index (χ4n) is 1.65. The van der Waals surface area contributed by atoms with E-state index >= 15 is 0 Å². The van der Waals surface area contributed by atoms with Gasteiger partial charge in [-0.2, -0.15) is 0 Å². The van der Waals surface area contributed by atoms with Crippen molar-refractivity contribution >= 4 is 17.4 Å². The van der Waals surface area contributed by atoms with E-state index < -0.39 is 11.9 Å². The third-order valence-corrected chi connectivity index (χ3v) is 2.92. The van der Waals surface area contributed by atoms with Crippen LogP contribution >= 0.6 is 11.6 Å². The van der Waals surface area contributed by atoms with E-state index in [9.17, 15) is 9.18 Å². The molecule has 3 nitrogen and oxygen atoms in total. The minimum atomic E-state index is -0.567. The van der Waals surface area contributed by atoms with Crippen LogP contribution in [-0.2, 0) is 20.7 Å². The quantitative estimate of drug-likeness (QED) is 0.832. The number of benzene rings is 1. The van der Waals surface area contributed by atoms with Crippen molar-refractivity contribution in [1.82, 2.24) is 0 Å². The first-order valence-electron chi connectivity index (χ1n) is 5.33. The fourth-order valence-corrected chi connectivity index (χ4v) is 1.84. The van der Waals surface area contributed by atoms with Crippen molar-refractivity contribution in [3.63, 3.8) is 0 Å². The summed E-state index contributed by atoms with van der Waals surface area (Å²) in [5.41, 5.74) is 0.478. The maximum atomic E-state index is 13.0. The SMILES string of the molecule is O=C(Cc1cc(F)ccc1Cl)C1COCCO1. The van der Waals surface area contributed by atoms with Crippen LogP contribution in [0.3, 0.4) is 0 Å². The number of Topliss-reactive ketones (excluding diaryl/α,β-unsaturated/α-hetero) is 1. The van der Waals surface area contributed by atoms with Crippen LogP contribution < -0.4 is 0 Å². The van der Waals surface area contributed by atoms with Crippen molar-refractivity contribution < 1.29 is 18.7 Å². The Kier molecular flexibility index (Phi) is 4.10. The third-order valence-electron chi connectivity index (χ3n) is 2.55. The highest BCUT2D eigenvalue weighted by atomic mass is 35.5. The Balaban J connectivity index is 2.04. The number of carbonyl (C=O) groups excluding carboxylic acids is 1. The molecule has 0 aliphatic carbocycles. The molecule has 0 amide bonds. The molecule has 5 heteroatoms. The maximum absolute atomic E-state index is 13.0. The van der Waals surface area contributed by atoms with Gasteiger partial charge in [0, 0.05) is 11.4 Å². The van der Waals surface area contributed by atoms with E-state index in [0.717, 1.165) is 0 Å². The molecule has 1 aromatic carbocycles. The smallest absolute Gasteiger partial charge is 0.168 e. The van der Waals surface area contributed by atoms with Crippen molar-refractivity contribution in [1.29, 1.82) is 0 Å². The Bertz CT molecular complexity index is 416. The number of rotatable bonds is 3. The highest BCUT2D eigenvalue weighted by molar-refractivity contribution is 6.31. The van der Waals surface area contributed by atoms with Gasteiger partial charge in [0.25, 0.3) is 0 Å². The van der Waals surface area contributed by atoms with Gasteiger partial charge in [-0.1, -0.05) is 11.6 Å². The molecule has 1 saturated heterocycles. The number of carbonyl (C=O) groups is 1. The Hall–Kier alpha value is -0.970. The average molecular weight is 259 g/mol. The number of ether oxygens (including phenoxy) is 2. The van der Waals surface area contributed by atoms with Gasteiger partial charge in [0.15, 0.2) is 5.78 Å². The molecule has 0 aromatic heterocycles. The Labute approximate surface area is 103 Å². The second kappa shape index (κ2) is 5.58. The summed E-state index contributed by atoms with van der Waals surface area (Å²) in [7, 11) is 0. The average Bonchev–Trinajstić information content (AvgIpc) is 2.35. The van der Waals surface area contributed by atoms with Crippen molar-refractivity contribution in [3.05, 3.63) is 34.6 Å². The van der Waals surface area contributed by atoms with Crippen LogP contribution in [0.1, 0.15) is 5.56 Å². The van der Waals surface area contributed by atoms with E-state index in [0.29, 0.717) is 23.8 Å².